The van der Waals surface area contributed by atoms with Crippen molar-refractivity contribution in [1.82, 2.24) is 14.6 Å². The SMILES string of the molecule is COC(=O)c1ccc2nnc(C3CC4CCC3C4)n2c1. The molecule has 20 heavy (non-hydrogen) atoms. The molecule has 0 radical (unpaired) electrons. The molecule has 0 N–H and O–H groups in total. The Hall–Kier alpha value is -1.91. The fourth-order valence-electron chi connectivity index (χ4n) is 3.96. The van der Waals surface area contributed by atoms with Crippen molar-refractivity contribution in [2.24, 2.45) is 11.8 Å². The van der Waals surface area contributed by atoms with Gasteiger partial charge < -0.3 is 4.74 Å². The lowest BCUT2D eigenvalue weighted by molar-refractivity contribution is 0.0600. The number of carbonyl (C=O) groups is 1. The smallest absolute Gasteiger partial charge is 0.339 e. The van der Waals surface area contributed by atoms with E-state index in [1.807, 2.05) is 16.7 Å². The molecule has 0 spiro atoms. The van der Waals surface area contributed by atoms with Crippen molar-refractivity contribution in [2.75, 3.05) is 7.11 Å². The van der Waals surface area contributed by atoms with E-state index in [1.54, 1.807) is 6.07 Å². The summed E-state index contributed by atoms with van der Waals surface area (Å²) in [5.41, 5.74) is 1.35. The number of ether oxygens (including phenoxy) is 1. The van der Waals surface area contributed by atoms with E-state index in [4.69, 9.17) is 4.74 Å². The summed E-state index contributed by atoms with van der Waals surface area (Å²) in [5, 5.41) is 8.62. The number of hydrogen-bond donors (Lipinski definition) is 0. The van der Waals surface area contributed by atoms with E-state index in [9.17, 15) is 4.79 Å². The second kappa shape index (κ2) is 4.30. The summed E-state index contributed by atoms with van der Waals surface area (Å²) in [6.45, 7) is 0. The van der Waals surface area contributed by atoms with Gasteiger partial charge in [0.1, 0.15) is 5.82 Å². The quantitative estimate of drug-likeness (QED) is 0.787. The average Bonchev–Trinajstić information content (AvgIpc) is 3.19. The highest BCUT2D eigenvalue weighted by atomic mass is 16.5. The Morgan fingerprint density at radius 3 is 2.90 bits per heavy atom. The first-order valence-electron chi connectivity index (χ1n) is 7.19. The molecule has 5 heteroatoms. The zero-order chi connectivity index (χ0) is 13.7. The van der Waals surface area contributed by atoms with Crippen molar-refractivity contribution in [1.29, 1.82) is 0 Å². The Kier molecular flexibility index (Phi) is 2.55. The summed E-state index contributed by atoms with van der Waals surface area (Å²) in [5.74, 6) is 2.80. The van der Waals surface area contributed by atoms with Crippen LogP contribution in [0.5, 0.6) is 0 Å². The van der Waals surface area contributed by atoms with Gasteiger partial charge in [-0.3, -0.25) is 4.40 Å². The molecule has 104 valence electrons. The molecule has 5 nitrogen and oxygen atoms in total. The monoisotopic (exact) mass is 271 g/mol. The Morgan fingerprint density at radius 1 is 1.30 bits per heavy atom. The number of methoxy groups -OCH3 is 1. The van der Waals surface area contributed by atoms with E-state index in [1.165, 1.54) is 32.8 Å². The number of hydrogen-bond acceptors (Lipinski definition) is 4. The average molecular weight is 271 g/mol. The zero-order valence-electron chi connectivity index (χ0n) is 11.5. The normalized spacial score (nSPS) is 28.1. The highest BCUT2D eigenvalue weighted by Gasteiger charge is 2.42. The molecule has 2 bridgehead atoms. The van der Waals surface area contributed by atoms with Gasteiger partial charge in [-0.05, 0) is 43.2 Å². The van der Waals surface area contributed by atoms with E-state index < -0.39 is 0 Å². The molecule has 2 saturated carbocycles. The van der Waals surface area contributed by atoms with E-state index in [0.29, 0.717) is 11.5 Å². The van der Waals surface area contributed by atoms with Gasteiger partial charge in [-0.15, -0.1) is 10.2 Å². The summed E-state index contributed by atoms with van der Waals surface area (Å²) in [4.78, 5) is 11.7. The molecular formula is C15H17N3O2. The van der Waals surface area contributed by atoms with Crippen molar-refractivity contribution >= 4 is 11.6 Å². The van der Waals surface area contributed by atoms with Gasteiger partial charge in [0.05, 0.1) is 12.7 Å². The molecule has 3 atom stereocenters. The van der Waals surface area contributed by atoms with Crippen molar-refractivity contribution in [3.05, 3.63) is 29.7 Å². The van der Waals surface area contributed by atoms with Crippen LogP contribution >= 0.6 is 0 Å². The highest BCUT2D eigenvalue weighted by Crippen LogP contribution is 2.52. The number of nitrogens with zero attached hydrogens (tertiary/aromatic N) is 3. The van der Waals surface area contributed by atoms with Crippen LogP contribution in [0.1, 0.15) is 47.8 Å². The lowest BCUT2D eigenvalue weighted by Gasteiger charge is -2.19. The molecule has 2 aliphatic carbocycles. The van der Waals surface area contributed by atoms with Gasteiger partial charge >= 0.3 is 5.97 Å². The molecule has 2 aromatic heterocycles. The minimum absolute atomic E-state index is 0.320. The summed E-state index contributed by atoms with van der Waals surface area (Å²) in [7, 11) is 1.40. The van der Waals surface area contributed by atoms with Gasteiger partial charge in [-0.25, -0.2) is 4.79 Å². The van der Waals surface area contributed by atoms with Crippen LogP contribution in [0.4, 0.5) is 0 Å². The first-order chi connectivity index (χ1) is 9.76. The number of fused-ring (bicyclic) bond motifs is 3. The van der Waals surface area contributed by atoms with Crippen LogP contribution in [-0.4, -0.2) is 27.7 Å². The molecule has 2 fully saturated rings. The van der Waals surface area contributed by atoms with Crippen molar-refractivity contribution in [2.45, 2.75) is 31.6 Å². The van der Waals surface area contributed by atoms with E-state index in [2.05, 4.69) is 10.2 Å². The first-order valence-corrected chi connectivity index (χ1v) is 7.19. The van der Waals surface area contributed by atoms with Crippen LogP contribution in [0.25, 0.3) is 5.65 Å². The van der Waals surface area contributed by atoms with Crippen molar-refractivity contribution < 1.29 is 9.53 Å². The van der Waals surface area contributed by atoms with Crippen LogP contribution in [0.15, 0.2) is 18.3 Å². The third-order valence-corrected chi connectivity index (χ3v) is 4.92. The maximum absolute atomic E-state index is 11.7. The maximum Gasteiger partial charge on any atom is 0.339 e. The Labute approximate surface area is 117 Å². The number of esters is 1. The predicted molar refractivity (Wildman–Crippen MR) is 72.5 cm³/mol. The highest BCUT2D eigenvalue weighted by molar-refractivity contribution is 5.89. The number of rotatable bonds is 2. The second-order valence-electron chi connectivity index (χ2n) is 5.98. The molecule has 0 aliphatic heterocycles. The van der Waals surface area contributed by atoms with Crippen LogP contribution in [0.3, 0.4) is 0 Å². The molecular weight excluding hydrogens is 254 g/mol. The molecule has 2 aliphatic rings. The minimum Gasteiger partial charge on any atom is -0.465 e. The fourth-order valence-corrected chi connectivity index (χ4v) is 3.96. The number of aromatic nitrogens is 3. The van der Waals surface area contributed by atoms with Gasteiger partial charge in [0, 0.05) is 12.1 Å². The van der Waals surface area contributed by atoms with Crippen LogP contribution in [0, 0.1) is 11.8 Å². The van der Waals surface area contributed by atoms with Gasteiger partial charge in [-0.2, -0.15) is 0 Å². The predicted octanol–water partition coefficient (Wildman–Crippen LogP) is 2.42. The Bertz CT molecular complexity index is 679. The summed E-state index contributed by atoms with van der Waals surface area (Å²) < 4.78 is 6.75. The molecule has 0 amide bonds. The minimum atomic E-state index is -0.320. The van der Waals surface area contributed by atoms with Crippen LogP contribution in [-0.2, 0) is 4.74 Å². The Morgan fingerprint density at radius 2 is 2.20 bits per heavy atom. The molecule has 2 heterocycles. The molecule has 0 aromatic carbocycles. The van der Waals surface area contributed by atoms with Gasteiger partial charge in [-0.1, -0.05) is 6.42 Å². The number of carbonyl (C=O) groups excluding carboxylic acids is 1. The van der Waals surface area contributed by atoms with E-state index in [-0.39, 0.29) is 5.97 Å². The summed E-state index contributed by atoms with van der Waals surface area (Å²) in [6, 6.07) is 3.57. The van der Waals surface area contributed by atoms with Gasteiger partial charge in [0.25, 0.3) is 0 Å². The zero-order valence-corrected chi connectivity index (χ0v) is 11.5. The maximum atomic E-state index is 11.7. The lowest BCUT2D eigenvalue weighted by atomic mass is 9.88. The van der Waals surface area contributed by atoms with Crippen LogP contribution in [0.2, 0.25) is 0 Å². The lowest BCUT2D eigenvalue weighted by Crippen LogP contribution is -2.12. The molecule has 2 aromatic rings. The van der Waals surface area contributed by atoms with Crippen LogP contribution < -0.4 is 0 Å². The third kappa shape index (κ3) is 1.65. The molecule has 3 unspecified atom stereocenters. The Balaban J connectivity index is 1.78. The van der Waals surface area contributed by atoms with Crippen molar-refractivity contribution in [3.63, 3.8) is 0 Å². The van der Waals surface area contributed by atoms with E-state index >= 15 is 0 Å². The summed E-state index contributed by atoms with van der Waals surface area (Å²) >= 11 is 0. The second-order valence-corrected chi connectivity index (χ2v) is 5.98. The molecule has 0 saturated heterocycles. The largest absolute Gasteiger partial charge is 0.465 e. The molecule has 4 rings (SSSR count). The van der Waals surface area contributed by atoms with E-state index in [0.717, 1.165) is 23.3 Å². The fraction of sp³-hybridized carbons (Fsp3) is 0.533. The topological polar surface area (TPSA) is 56.5 Å². The third-order valence-electron chi connectivity index (χ3n) is 4.92. The standard InChI is InChI=1S/C15H17N3O2/c1-20-15(19)11-4-5-13-16-17-14(18(13)8-11)12-7-9-2-3-10(12)6-9/h4-5,8-10,12H,2-3,6-7H2,1H3. The van der Waals surface area contributed by atoms with Crippen molar-refractivity contribution in [3.8, 4) is 0 Å². The number of pyridine rings is 1. The van der Waals surface area contributed by atoms with Gasteiger partial charge in [0.15, 0.2) is 5.65 Å². The first kappa shape index (κ1) is 11.9. The summed E-state index contributed by atoms with van der Waals surface area (Å²) in [6.07, 6.45) is 7.03. The van der Waals surface area contributed by atoms with Gasteiger partial charge in [0.2, 0.25) is 0 Å².